The van der Waals surface area contributed by atoms with E-state index in [1.165, 1.54) is 16.7 Å². The Hall–Kier alpha value is -0.860. The number of rotatable bonds is 6. The fourth-order valence-corrected chi connectivity index (χ4v) is 1.97. The minimum absolute atomic E-state index is 0.304. The van der Waals surface area contributed by atoms with E-state index in [2.05, 4.69) is 50.9 Å². The van der Waals surface area contributed by atoms with Crippen LogP contribution in [0.5, 0.6) is 0 Å². The van der Waals surface area contributed by atoms with Gasteiger partial charge < -0.3 is 10.6 Å². The molecule has 1 atom stereocenters. The van der Waals surface area contributed by atoms with Crippen LogP contribution in [-0.4, -0.2) is 31.1 Å². The predicted molar refractivity (Wildman–Crippen MR) is 75.4 cm³/mol. The normalized spacial score (nSPS) is 13.1. The van der Waals surface area contributed by atoms with E-state index in [4.69, 9.17) is 5.73 Å². The quantitative estimate of drug-likeness (QED) is 0.819. The SMILES string of the molecule is Cc1ccc(CCN(C)CCC(C)N)c(C)c1. The molecule has 0 heterocycles. The maximum atomic E-state index is 5.76. The van der Waals surface area contributed by atoms with Crippen molar-refractivity contribution in [1.82, 2.24) is 4.90 Å². The van der Waals surface area contributed by atoms with Crippen molar-refractivity contribution in [3.05, 3.63) is 34.9 Å². The van der Waals surface area contributed by atoms with Crippen molar-refractivity contribution in [2.24, 2.45) is 5.73 Å². The molecule has 96 valence electrons. The van der Waals surface area contributed by atoms with E-state index in [0.717, 1.165) is 25.9 Å². The van der Waals surface area contributed by atoms with Crippen molar-refractivity contribution in [2.75, 3.05) is 20.1 Å². The standard InChI is InChI=1S/C15H26N2/c1-12-5-6-15(13(2)11-12)8-10-17(4)9-7-14(3)16/h5-6,11,14H,7-10,16H2,1-4H3. The predicted octanol–water partition coefficient (Wildman–Crippen LogP) is 2.52. The van der Waals surface area contributed by atoms with Crippen LogP contribution in [0.1, 0.15) is 30.0 Å². The first kappa shape index (κ1) is 14.2. The van der Waals surface area contributed by atoms with Gasteiger partial charge in [-0.25, -0.2) is 0 Å². The molecule has 0 saturated carbocycles. The molecule has 0 aliphatic rings. The molecular weight excluding hydrogens is 208 g/mol. The summed E-state index contributed by atoms with van der Waals surface area (Å²) in [6.45, 7) is 8.60. The molecule has 0 saturated heterocycles. The van der Waals surface area contributed by atoms with Crippen molar-refractivity contribution >= 4 is 0 Å². The summed E-state index contributed by atoms with van der Waals surface area (Å²) in [5, 5.41) is 0. The van der Waals surface area contributed by atoms with Gasteiger partial charge in [-0.1, -0.05) is 23.8 Å². The monoisotopic (exact) mass is 234 g/mol. The van der Waals surface area contributed by atoms with Crippen LogP contribution in [-0.2, 0) is 6.42 Å². The summed E-state index contributed by atoms with van der Waals surface area (Å²) < 4.78 is 0. The average molecular weight is 234 g/mol. The second kappa shape index (κ2) is 6.77. The van der Waals surface area contributed by atoms with Gasteiger partial charge in [-0.05, 0) is 58.3 Å². The topological polar surface area (TPSA) is 29.3 Å². The maximum Gasteiger partial charge on any atom is 0.00226 e. The summed E-state index contributed by atoms with van der Waals surface area (Å²) in [6.07, 6.45) is 2.20. The summed E-state index contributed by atoms with van der Waals surface area (Å²) in [5.74, 6) is 0. The van der Waals surface area contributed by atoms with Gasteiger partial charge in [0.25, 0.3) is 0 Å². The number of hydrogen-bond acceptors (Lipinski definition) is 2. The fourth-order valence-electron chi connectivity index (χ4n) is 1.97. The molecule has 1 rings (SSSR count). The summed E-state index contributed by atoms with van der Waals surface area (Å²) in [5.41, 5.74) is 9.98. The molecular formula is C15H26N2. The third-order valence-electron chi connectivity index (χ3n) is 3.23. The third kappa shape index (κ3) is 5.33. The van der Waals surface area contributed by atoms with E-state index in [9.17, 15) is 0 Å². The molecule has 2 N–H and O–H groups in total. The zero-order valence-electron chi connectivity index (χ0n) is 11.7. The van der Waals surface area contributed by atoms with Crippen LogP contribution in [0.15, 0.2) is 18.2 Å². The second-order valence-corrected chi connectivity index (χ2v) is 5.25. The van der Waals surface area contributed by atoms with Crippen LogP contribution >= 0.6 is 0 Å². The Morgan fingerprint density at radius 2 is 1.94 bits per heavy atom. The minimum Gasteiger partial charge on any atom is -0.328 e. The Kier molecular flexibility index (Phi) is 5.66. The molecule has 0 amide bonds. The van der Waals surface area contributed by atoms with E-state index in [0.29, 0.717) is 6.04 Å². The van der Waals surface area contributed by atoms with Gasteiger partial charge in [0.05, 0.1) is 0 Å². The molecule has 0 spiro atoms. The highest BCUT2D eigenvalue weighted by Gasteiger charge is 2.03. The Morgan fingerprint density at radius 3 is 2.53 bits per heavy atom. The zero-order chi connectivity index (χ0) is 12.8. The highest BCUT2D eigenvalue weighted by Crippen LogP contribution is 2.11. The molecule has 2 nitrogen and oxygen atoms in total. The van der Waals surface area contributed by atoms with Crippen LogP contribution < -0.4 is 5.73 Å². The van der Waals surface area contributed by atoms with Gasteiger partial charge in [0.2, 0.25) is 0 Å². The van der Waals surface area contributed by atoms with Gasteiger partial charge in [0, 0.05) is 12.6 Å². The molecule has 1 unspecified atom stereocenters. The molecule has 0 aliphatic heterocycles. The summed E-state index contributed by atoms with van der Waals surface area (Å²) >= 11 is 0. The third-order valence-corrected chi connectivity index (χ3v) is 3.23. The Balaban J connectivity index is 2.39. The van der Waals surface area contributed by atoms with Gasteiger partial charge in [-0.2, -0.15) is 0 Å². The van der Waals surface area contributed by atoms with Gasteiger partial charge in [-0.15, -0.1) is 0 Å². The van der Waals surface area contributed by atoms with Crippen LogP contribution in [0.25, 0.3) is 0 Å². The molecule has 2 heteroatoms. The van der Waals surface area contributed by atoms with Gasteiger partial charge in [-0.3, -0.25) is 0 Å². The first-order valence-corrected chi connectivity index (χ1v) is 6.49. The molecule has 0 radical (unpaired) electrons. The molecule has 1 aromatic carbocycles. The lowest BCUT2D eigenvalue weighted by atomic mass is 10.0. The lowest BCUT2D eigenvalue weighted by Crippen LogP contribution is -2.27. The van der Waals surface area contributed by atoms with Gasteiger partial charge in [0.1, 0.15) is 0 Å². The minimum atomic E-state index is 0.304. The van der Waals surface area contributed by atoms with Crippen LogP contribution in [0.4, 0.5) is 0 Å². The average Bonchev–Trinajstić information content (AvgIpc) is 2.25. The van der Waals surface area contributed by atoms with Crippen molar-refractivity contribution in [1.29, 1.82) is 0 Å². The first-order chi connectivity index (χ1) is 7.99. The number of hydrogen-bond donors (Lipinski definition) is 1. The largest absolute Gasteiger partial charge is 0.328 e. The number of nitrogens with zero attached hydrogens (tertiary/aromatic N) is 1. The van der Waals surface area contributed by atoms with Crippen LogP contribution in [0.3, 0.4) is 0 Å². The molecule has 0 aromatic heterocycles. The van der Waals surface area contributed by atoms with Gasteiger partial charge in [0.15, 0.2) is 0 Å². The molecule has 0 bridgehead atoms. The van der Waals surface area contributed by atoms with Crippen LogP contribution in [0, 0.1) is 13.8 Å². The van der Waals surface area contributed by atoms with Gasteiger partial charge >= 0.3 is 0 Å². The zero-order valence-corrected chi connectivity index (χ0v) is 11.7. The van der Waals surface area contributed by atoms with E-state index < -0.39 is 0 Å². The fraction of sp³-hybridized carbons (Fsp3) is 0.600. The number of nitrogens with two attached hydrogens (primary N) is 1. The van der Waals surface area contributed by atoms with Crippen molar-refractivity contribution in [3.63, 3.8) is 0 Å². The van der Waals surface area contributed by atoms with E-state index in [1.807, 2.05) is 0 Å². The number of aryl methyl sites for hydroxylation is 2. The Morgan fingerprint density at radius 1 is 1.24 bits per heavy atom. The number of likely N-dealkylation sites (N-methyl/N-ethyl adjacent to an activating group) is 1. The van der Waals surface area contributed by atoms with Crippen molar-refractivity contribution in [3.8, 4) is 0 Å². The smallest absolute Gasteiger partial charge is 0.00226 e. The molecule has 0 aliphatic carbocycles. The summed E-state index contributed by atoms with van der Waals surface area (Å²) in [7, 11) is 2.17. The number of benzene rings is 1. The Labute approximate surface area is 106 Å². The van der Waals surface area contributed by atoms with E-state index in [-0.39, 0.29) is 0 Å². The van der Waals surface area contributed by atoms with Crippen molar-refractivity contribution in [2.45, 2.75) is 39.7 Å². The van der Waals surface area contributed by atoms with E-state index in [1.54, 1.807) is 0 Å². The second-order valence-electron chi connectivity index (χ2n) is 5.25. The lowest BCUT2D eigenvalue weighted by molar-refractivity contribution is 0.324. The van der Waals surface area contributed by atoms with Crippen molar-refractivity contribution < 1.29 is 0 Å². The molecule has 17 heavy (non-hydrogen) atoms. The molecule has 0 fully saturated rings. The molecule has 1 aromatic rings. The highest BCUT2D eigenvalue weighted by molar-refractivity contribution is 5.30. The summed E-state index contributed by atoms with van der Waals surface area (Å²) in [4.78, 5) is 2.36. The first-order valence-electron chi connectivity index (χ1n) is 6.49. The lowest BCUT2D eigenvalue weighted by Gasteiger charge is -2.18. The summed E-state index contributed by atoms with van der Waals surface area (Å²) in [6, 6.07) is 7.02. The maximum absolute atomic E-state index is 5.76. The van der Waals surface area contributed by atoms with E-state index >= 15 is 0 Å². The highest BCUT2D eigenvalue weighted by atomic mass is 15.1. The Bertz CT molecular complexity index is 345. The van der Waals surface area contributed by atoms with Crippen LogP contribution in [0.2, 0.25) is 0 Å².